The maximum Gasteiger partial charge on any atom is 0.306 e. The molecule has 0 aromatic heterocycles. The molecule has 9 heteroatoms. The Morgan fingerprint density at radius 1 is 0.608 bits per heavy atom. The summed E-state index contributed by atoms with van der Waals surface area (Å²) in [6.45, 7) is 4.51. The number of carbonyl (C=O) groups is 3. The van der Waals surface area contributed by atoms with E-state index in [1.165, 1.54) is 64.2 Å². The van der Waals surface area contributed by atoms with Gasteiger partial charge in [-0.15, -0.1) is 0 Å². The Hall–Kier alpha value is -2.75. The van der Waals surface area contributed by atoms with Crippen molar-refractivity contribution >= 4 is 17.9 Å². The molecule has 0 rings (SSSR count). The first-order chi connectivity index (χ1) is 24.6. The molecule has 0 amide bonds. The number of hydrogen-bond donors (Lipinski definition) is 0. The van der Waals surface area contributed by atoms with Gasteiger partial charge >= 0.3 is 11.9 Å². The highest BCUT2D eigenvalue weighted by molar-refractivity contribution is 5.70. The highest BCUT2D eigenvalue weighted by atomic mass is 16.7. The monoisotopic (exact) mass is 720 g/mol. The Labute approximate surface area is 311 Å². The zero-order valence-electron chi connectivity index (χ0n) is 33.0. The molecule has 0 fully saturated rings. The van der Waals surface area contributed by atoms with Crippen molar-refractivity contribution in [1.82, 2.24) is 0 Å². The van der Waals surface area contributed by atoms with Gasteiger partial charge in [0, 0.05) is 12.8 Å². The van der Waals surface area contributed by atoms with Gasteiger partial charge in [0.15, 0.2) is 12.4 Å². The molecule has 0 aliphatic carbocycles. The minimum atomic E-state index is -1.64. The van der Waals surface area contributed by atoms with E-state index >= 15 is 0 Å². The molecular weight excluding hydrogens is 646 g/mol. The zero-order valence-corrected chi connectivity index (χ0v) is 33.0. The third-order valence-electron chi connectivity index (χ3n) is 8.10. The van der Waals surface area contributed by atoms with Gasteiger partial charge in [-0.25, -0.2) is 0 Å². The van der Waals surface area contributed by atoms with Crippen LogP contribution in [0.5, 0.6) is 0 Å². The van der Waals surface area contributed by atoms with Gasteiger partial charge in [-0.2, -0.15) is 0 Å². The Balaban J connectivity index is 4.63. The number of quaternary nitrogens is 1. The topological polar surface area (TPSA) is 111 Å². The predicted octanol–water partition coefficient (Wildman–Crippen LogP) is 8.32. The fraction of sp³-hybridized carbons (Fsp3) is 0.738. The molecule has 294 valence electrons. The highest BCUT2D eigenvalue weighted by Crippen LogP contribution is 2.13. The van der Waals surface area contributed by atoms with E-state index in [-0.39, 0.29) is 38.6 Å². The Kier molecular flexibility index (Phi) is 32.5. The summed E-state index contributed by atoms with van der Waals surface area (Å²) < 4.78 is 22.3. The molecule has 9 nitrogen and oxygen atoms in total. The Morgan fingerprint density at radius 3 is 1.63 bits per heavy atom. The largest absolute Gasteiger partial charge is 0.545 e. The van der Waals surface area contributed by atoms with Crippen LogP contribution in [-0.2, 0) is 33.3 Å². The molecular formula is C42H73NO8. The summed E-state index contributed by atoms with van der Waals surface area (Å²) in [6.07, 6.45) is 34.5. The number of ether oxygens (including phenoxy) is 4. The van der Waals surface area contributed by atoms with Crippen molar-refractivity contribution in [3.63, 3.8) is 0 Å². The van der Waals surface area contributed by atoms with E-state index in [1.54, 1.807) is 0 Å². The fourth-order valence-corrected chi connectivity index (χ4v) is 5.02. The highest BCUT2D eigenvalue weighted by Gasteiger charge is 2.21. The lowest BCUT2D eigenvalue weighted by Crippen LogP contribution is -2.44. The average Bonchev–Trinajstić information content (AvgIpc) is 3.08. The van der Waals surface area contributed by atoms with Gasteiger partial charge in [0.2, 0.25) is 0 Å². The summed E-state index contributed by atoms with van der Waals surface area (Å²) in [4.78, 5) is 36.7. The quantitative estimate of drug-likeness (QED) is 0.0211. The van der Waals surface area contributed by atoms with Gasteiger partial charge in [0.05, 0.1) is 40.3 Å². The van der Waals surface area contributed by atoms with Crippen LogP contribution in [0.2, 0.25) is 0 Å². The molecule has 0 aromatic rings. The van der Waals surface area contributed by atoms with Crippen molar-refractivity contribution in [2.24, 2.45) is 0 Å². The molecule has 0 heterocycles. The first kappa shape index (κ1) is 48.2. The van der Waals surface area contributed by atoms with Crippen LogP contribution in [0.3, 0.4) is 0 Å². The van der Waals surface area contributed by atoms with Crippen LogP contribution >= 0.6 is 0 Å². The molecule has 0 bridgehead atoms. The van der Waals surface area contributed by atoms with E-state index in [0.717, 1.165) is 44.9 Å². The third-order valence-corrected chi connectivity index (χ3v) is 8.10. The summed E-state index contributed by atoms with van der Waals surface area (Å²) >= 11 is 0. The molecule has 0 aliphatic rings. The van der Waals surface area contributed by atoms with Crippen LogP contribution < -0.4 is 5.11 Å². The van der Waals surface area contributed by atoms with Crippen LogP contribution in [0, 0.1) is 0 Å². The van der Waals surface area contributed by atoms with E-state index in [2.05, 4.69) is 50.3 Å². The second-order valence-corrected chi connectivity index (χ2v) is 14.2. The molecule has 0 radical (unpaired) electrons. The number of aliphatic carboxylic acids is 1. The van der Waals surface area contributed by atoms with Crippen molar-refractivity contribution in [2.75, 3.05) is 47.5 Å². The summed E-state index contributed by atoms with van der Waals surface area (Å²) in [7, 11) is 5.87. The normalized spacial score (nSPS) is 13.5. The van der Waals surface area contributed by atoms with E-state index in [1.807, 2.05) is 33.3 Å². The number of esters is 2. The lowest BCUT2D eigenvalue weighted by atomic mass is 10.0. The van der Waals surface area contributed by atoms with Crippen molar-refractivity contribution in [3.05, 3.63) is 48.6 Å². The van der Waals surface area contributed by atoms with Crippen LogP contribution in [0.15, 0.2) is 48.6 Å². The van der Waals surface area contributed by atoms with Crippen LogP contribution in [0.1, 0.15) is 142 Å². The zero-order chi connectivity index (χ0) is 37.8. The second kappa shape index (κ2) is 34.3. The smallest absolute Gasteiger partial charge is 0.306 e. The predicted molar refractivity (Wildman–Crippen MR) is 205 cm³/mol. The average molecular weight is 720 g/mol. The summed E-state index contributed by atoms with van der Waals surface area (Å²) in [5.41, 5.74) is 0. The number of carboxylic acid groups (broad SMARTS) is 1. The maximum atomic E-state index is 12.6. The number of likely N-dealkylation sites (N-methyl/N-ethyl adjacent to an activating group) is 1. The SMILES string of the molecule is CC/C=C\C/C=C\C/C=C\C/C=C\CCC(=O)OC(COC(=O)CCCCCCCCCCCCCCC)COC(OCC[N+](C)(C)C)C(=O)[O-]. The number of allylic oxidation sites excluding steroid dienone is 8. The van der Waals surface area contributed by atoms with E-state index in [4.69, 9.17) is 18.9 Å². The Morgan fingerprint density at radius 2 is 1.12 bits per heavy atom. The van der Waals surface area contributed by atoms with Gasteiger partial charge in [-0.3, -0.25) is 9.59 Å². The molecule has 2 atom stereocenters. The number of hydrogen-bond acceptors (Lipinski definition) is 8. The first-order valence-electron chi connectivity index (χ1n) is 19.8. The standard InChI is InChI=1S/C42H73NO8/c1-6-8-10-12-14-16-18-20-22-24-26-28-30-32-39(44)49-36-38(37-50-42(41(46)47)48-35-34-43(3,4)5)51-40(45)33-31-29-27-25-23-21-19-17-15-13-11-9-7-2/h9,11,15,17,21,23,27,29,38,42H,6-8,10,12-14,16,18-20,22,24-26,28,30-37H2,1-5H3/b11-9-,17-15-,23-21-,29-27-. The van der Waals surface area contributed by atoms with Crippen LogP contribution in [-0.4, -0.2) is 82.3 Å². The van der Waals surface area contributed by atoms with Gasteiger partial charge in [-0.1, -0.05) is 140 Å². The van der Waals surface area contributed by atoms with Gasteiger partial charge < -0.3 is 33.3 Å². The van der Waals surface area contributed by atoms with Gasteiger partial charge in [-0.05, 0) is 38.5 Å². The molecule has 2 unspecified atom stereocenters. The minimum Gasteiger partial charge on any atom is -0.545 e. The molecule has 0 aromatic carbocycles. The van der Waals surface area contributed by atoms with Crippen molar-refractivity contribution < 1.29 is 42.9 Å². The van der Waals surface area contributed by atoms with Gasteiger partial charge in [0.1, 0.15) is 13.2 Å². The maximum absolute atomic E-state index is 12.6. The van der Waals surface area contributed by atoms with E-state index < -0.39 is 24.3 Å². The summed E-state index contributed by atoms with van der Waals surface area (Å²) in [6, 6.07) is 0. The minimum absolute atomic E-state index is 0.127. The number of nitrogens with zero attached hydrogens (tertiary/aromatic N) is 1. The molecule has 0 saturated heterocycles. The number of rotatable bonds is 35. The number of carboxylic acids is 1. The summed E-state index contributed by atoms with van der Waals surface area (Å²) in [5.74, 6) is -2.40. The molecule has 0 spiro atoms. The lowest BCUT2D eigenvalue weighted by molar-refractivity contribution is -0.870. The van der Waals surface area contributed by atoms with E-state index in [9.17, 15) is 19.5 Å². The van der Waals surface area contributed by atoms with Crippen molar-refractivity contribution in [2.45, 2.75) is 155 Å². The van der Waals surface area contributed by atoms with Crippen molar-refractivity contribution in [3.8, 4) is 0 Å². The van der Waals surface area contributed by atoms with E-state index in [0.29, 0.717) is 17.4 Å². The molecule has 51 heavy (non-hydrogen) atoms. The molecule has 0 aliphatic heterocycles. The first-order valence-corrected chi connectivity index (χ1v) is 19.8. The van der Waals surface area contributed by atoms with Crippen LogP contribution in [0.25, 0.3) is 0 Å². The second-order valence-electron chi connectivity index (χ2n) is 14.2. The van der Waals surface area contributed by atoms with Gasteiger partial charge in [0.25, 0.3) is 0 Å². The molecule has 0 N–H and O–H groups in total. The fourth-order valence-electron chi connectivity index (χ4n) is 5.02. The number of unbranched alkanes of at least 4 members (excludes halogenated alkanes) is 12. The third kappa shape index (κ3) is 35.4. The van der Waals surface area contributed by atoms with Crippen LogP contribution in [0.4, 0.5) is 0 Å². The van der Waals surface area contributed by atoms with Crippen molar-refractivity contribution in [1.29, 1.82) is 0 Å². The summed E-state index contributed by atoms with van der Waals surface area (Å²) in [5, 5.41) is 11.6. The number of carbonyl (C=O) groups excluding carboxylic acids is 3. The Bertz CT molecular complexity index is 982. The lowest BCUT2D eigenvalue weighted by Gasteiger charge is -2.26. The molecule has 0 saturated carbocycles.